The zero-order valence-electron chi connectivity index (χ0n) is 14.3. The van der Waals surface area contributed by atoms with Crippen molar-refractivity contribution in [3.8, 4) is 0 Å². The van der Waals surface area contributed by atoms with E-state index in [2.05, 4.69) is 10.2 Å². The Labute approximate surface area is 153 Å². The van der Waals surface area contributed by atoms with Gasteiger partial charge in [-0.05, 0) is 36.4 Å². The Morgan fingerprint density at radius 2 is 1.63 bits per heavy atom. The summed E-state index contributed by atoms with van der Waals surface area (Å²) in [6.45, 7) is 2.43. The van der Waals surface area contributed by atoms with Gasteiger partial charge in [0.25, 0.3) is 5.91 Å². The van der Waals surface area contributed by atoms with Gasteiger partial charge in [0.05, 0.1) is 25.3 Å². The molecule has 5 nitrogen and oxygen atoms in total. The van der Waals surface area contributed by atoms with E-state index in [0.717, 1.165) is 24.8 Å². The molecule has 2 aromatic carbocycles. The Morgan fingerprint density at radius 1 is 0.963 bits per heavy atom. The SMILES string of the molecule is O=C(CNC(=O)c1ccc(F)c(F)c1F)c1ccc(N2CCOCC2)cc1. The predicted molar refractivity (Wildman–Crippen MR) is 92.5 cm³/mol. The lowest BCUT2D eigenvalue weighted by molar-refractivity contribution is 0.0900. The number of nitrogens with one attached hydrogen (secondary N) is 1. The van der Waals surface area contributed by atoms with Crippen molar-refractivity contribution in [3.63, 3.8) is 0 Å². The molecule has 8 heteroatoms. The molecule has 2 aromatic rings. The number of benzene rings is 2. The van der Waals surface area contributed by atoms with Gasteiger partial charge in [0.2, 0.25) is 0 Å². The van der Waals surface area contributed by atoms with Gasteiger partial charge in [0.1, 0.15) is 0 Å². The van der Waals surface area contributed by atoms with Crippen LogP contribution in [0.2, 0.25) is 0 Å². The van der Waals surface area contributed by atoms with Crippen LogP contribution in [0.3, 0.4) is 0 Å². The quantitative estimate of drug-likeness (QED) is 0.642. The molecule has 0 spiro atoms. The second-order valence-electron chi connectivity index (χ2n) is 5.98. The molecule has 1 aliphatic heterocycles. The number of carbonyl (C=O) groups is 2. The molecular weight excluding hydrogens is 361 g/mol. The Balaban J connectivity index is 1.60. The standard InChI is InChI=1S/C19H17F3N2O3/c20-15-6-5-14(17(21)18(15)22)19(26)23-11-16(25)12-1-3-13(4-2-12)24-7-9-27-10-8-24/h1-6H,7-11H2,(H,23,26). The number of halogens is 3. The first-order valence-corrected chi connectivity index (χ1v) is 8.35. The molecule has 0 radical (unpaired) electrons. The fourth-order valence-electron chi connectivity index (χ4n) is 2.74. The first kappa shape index (κ1) is 18.9. The number of nitrogens with zero attached hydrogens (tertiary/aromatic N) is 1. The minimum atomic E-state index is -1.73. The second-order valence-corrected chi connectivity index (χ2v) is 5.98. The Morgan fingerprint density at radius 3 is 2.30 bits per heavy atom. The van der Waals surface area contributed by atoms with E-state index < -0.39 is 35.5 Å². The van der Waals surface area contributed by atoms with Crippen LogP contribution in [0.4, 0.5) is 18.9 Å². The lowest BCUT2D eigenvalue weighted by Crippen LogP contribution is -2.36. The normalized spacial score (nSPS) is 14.1. The fraction of sp³-hybridized carbons (Fsp3) is 0.263. The summed E-state index contributed by atoms with van der Waals surface area (Å²) in [6, 6.07) is 8.35. The number of Topliss-reactive ketones (excluding diaryl/α,β-unsaturated/α-hetero) is 1. The summed E-state index contributed by atoms with van der Waals surface area (Å²) in [7, 11) is 0. The highest BCUT2D eigenvalue weighted by molar-refractivity contribution is 6.02. The van der Waals surface area contributed by atoms with E-state index in [1.54, 1.807) is 24.3 Å². The average molecular weight is 378 g/mol. The summed E-state index contributed by atoms with van der Waals surface area (Å²) in [5.74, 6) is -6.09. The fourth-order valence-corrected chi connectivity index (χ4v) is 2.74. The van der Waals surface area contributed by atoms with E-state index in [-0.39, 0.29) is 5.78 Å². The van der Waals surface area contributed by atoms with Crippen LogP contribution < -0.4 is 10.2 Å². The van der Waals surface area contributed by atoms with Crippen LogP contribution in [-0.4, -0.2) is 44.5 Å². The molecule has 0 unspecified atom stereocenters. The van der Waals surface area contributed by atoms with Gasteiger partial charge in [-0.1, -0.05) is 0 Å². The lowest BCUT2D eigenvalue weighted by Gasteiger charge is -2.28. The van der Waals surface area contributed by atoms with Gasteiger partial charge < -0.3 is 15.0 Å². The van der Waals surface area contributed by atoms with Crippen LogP contribution in [0.25, 0.3) is 0 Å². The molecule has 1 aliphatic rings. The molecule has 142 valence electrons. The molecule has 1 N–H and O–H groups in total. The summed E-state index contributed by atoms with van der Waals surface area (Å²) in [6.07, 6.45) is 0. The highest BCUT2D eigenvalue weighted by Gasteiger charge is 2.19. The highest BCUT2D eigenvalue weighted by Crippen LogP contribution is 2.17. The Kier molecular flexibility index (Phi) is 5.75. The van der Waals surface area contributed by atoms with E-state index in [1.165, 1.54) is 0 Å². The smallest absolute Gasteiger partial charge is 0.254 e. The Hall–Kier alpha value is -2.87. The van der Waals surface area contributed by atoms with Crippen molar-refractivity contribution in [1.82, 2.24) is 5.32 Å². The lowest BCUT2D eigenvalue weighted by atomic mass is 10.1. The summed E-state index contributed by atoms with van der Waals surface area (Å²) in [5.41, 5.74) is 0.671. The number of hydrogen-bond acceptors (Lipinski definition) is 4. The van der Waals surface area contributed by atoms with Crippen LogP contribution in [0.15, 0.2) is 36.4 Å². The molecule has 0 aliphatic carbocycles. The van der Waals surface area contributed by atoms with Crippen molar-refractivity contribution in [1.29, 1.82) is 0 Å². The molecule has 27 heavy (non-hydrogen) atoms. The molecule has 1 saturated heterocycles. The van der Waals surface area contributed by atoms with Crippen molar-refractivity contribution < 1.29 is 27.5 Å². The van der Waals surface area contributed by atoms with Crippen LogP contribution in [-0.2, 0) is 4.74 Å². The number of anilines is 1. The van der Waals surface area contributed by atoms with Crippen LogP contribution in [0.1, 0.15) is 20.7 Å². The minimum Gasteiger partial charge on any atom is -0.378 e. The van der Waals surface area contributed by atoms with Gasteiger partial charge in [-0.2, -0.15) is 0 Å². The minimum absolute atomic E-state index is 0.373. The number of ether oxygens (including phenoxy) is 1. The molecule has 0 atom stereocenters. The van der Waals surface area contributed by atoms with Crippen molar-refractivity contribution in [2.24, 2.45) is 0 Å². The van der Waals surface area contributed by atoms with E-state index >= 15 is 0 Å². The van der Waals surface area contributed by atoms with Gasteiger partial charge in [0.15, 0.2) is 23.2 Å². The third kappa shape index (κ3) is 4.28. The van der Waals surface area contributed by atoms with Crippen molar-refractivity contribution in [2.75, 3.05) is 37.7 Å². The van der Waals surface area contributed by atoms with E-state index in [4.69, 9.17) is 4.74 Å². The highest BCUT2D eigenvalue weighted by atomic mass is 19.2. The maximum absolute atomic E-state index is 13.6. The number of hydrogen-bond donors (Lipinski definition) is 1. The van der Waals surface area contributed by atoms with Gasteiger partial charge in [0, 0.05) is 24.3 Å². The third-order valence-electron chi connectivity index (χ3n) is 4.25. The third-order valence-corrected chi connectivity index (χ3v) is 4.25. The predicted octanol–water partition coefficient (Wildman–Crippen LogP) is 2.55. The maximum atomic E-state index is 13.6. The van der Waals surface area contributed by atoms with Crippen LogP contribution in [0.5, 0.6) is 0 Å². The molecule has 0 bridgehead atoms. The van der Waals surface area contributed by atoms with Crippen molar-refractivity contribution >= 4 is 17.4 Å². The molecule has 3 rings (SSSR count). The van der Waals surface area contributed by atoms with Crippen molar-refractivity contribution in [2.45, 2.75) is 0 Å². The van der Waals surface area contributed by atoms with Gasteiger partial charge in [-0.3, -0.25) is 9.59 Å². The van der Waals surface area contributed by atoms with Crippen LogP contribution in [0, 0.1) is 17.5 Å². The van der Waals surface area contributed by atoms with E-state index in [1.807, 2.05) is 0 Å². The monoisotopic (exact) mass is 378 g/mol. The maximum Gasteiger partial charge on any atom is 0.254 e. The zero-order chi connectivity index (χ0) is 19.4. The van der Waals surface area contributed by atoms with Gasteiger partial charge >= 0.3 is 0 Å². The summed E-state index contributed by atoms with van der Waals surface area (Å²) < 4.78 is 45.0. The molecule has 1 heterocycles. The van der Waals surface area contributed by atoms with Gasteiger partial charge in [-0.15, -0.1) is 0 Å². The molecular formula is C19H17F3N2O3. The first-order valence-electron chi connectivity index (χ1n) is 8.35. The summed E-state index contributed by atoms with van der Waals surface area (Å²) in [4.78, 5) is 26.2. The molecule has 1 amide bonds. The number of amides is 1. The number of rotatable bonds is 5. The van der Waals surface area contributed by atoms with E-state index in [0.29, 0.717) is 24.8 Å². The topological polar surface area (TPSA) is 58.6 Å². The summed E-state index contributed by atoms with van der Waals surface area (Å²) >= 11 is 0. The molecule has 0 aromatic heterocycles. The van der Waals surface area contributed by atoms with Gasteiger partial charge in [-0.25, -0.2) is 13.2 Å². The largest absolute Gasteiger partial charge is 0.378 e. The van der Waals surface area contributed by atoms with Crippen molar-refractivity contribution in [3.05, 3.63) is 65.0 Å². The Bertz CT molecular complexity index is 850. The second kappa shape index (κ2) is 8.22. The van der Waals surface area contributed by atoms with E-state index in [9.17, 15) is 22.8 Å². The average Bonchev–Trinajstić information content (AvgIpc) is 2.71. The van der Waals surface area contributed by atoms with Crippen LogP contribution >= 0.6 is 0 Å². The summed E-state index contributed by atoms with van der Waals surface area (Å²) in [5, 5.41) is 2.22. The number of ketones is 1. The molecule has 1 fully saturated rings. The number of carbonyl (C=O) groups excluding carboxylic acids is 2. The first-order chi connectivity index (χ1) is 13.0. The number of morpholine rings is 1. The zero-order valence-corrected chi connectivity index (χ0v) is 14.3. The molecule has 0 saturated carbocycles.